The summed E-state index contributed by atoms with van der Waals surface area (Å²) in [5, 5.41) is 30.9. The fraction of sp³-hybridized carbons (Fsp3) is 0.286. The van der Waals surface area contributed by atoms with Crippen LogP contribution < -0.4 is 0 Å². The largest absolute Gasteiger partial charge is 0.478 e. The Hall–Kier alpha value is -3.27. The number of carbonyl (C=O) groups excluding carboxylic acids is 1. The summed E-state index contributed by atoms with van der Waals surface area (Å²) in [6.45, 7) is 4.49. The Morgan fingerprint density at radius 2 is 1.60 bits per heavy atom. The molecule has 1 unspecified atom stereocenters. The van der Waals surface area contributed by atoms with Gasteiger partial charge in [-0.25, -0.2) is 14.4 Å². The summed E-state index contributed by atoms with van der Waals surface area (Å²) in [7, 11) is 0. The molecule has 1 aromatic carbocycles. The van der Waals surface area contributed by atoms with Crippen LogP contribution in [0.15, 0.2) is 60.7 Å². The summed E-state index contributed by atoms with van der Waals surface area (Å²) < 4.78 is 9.99. The van der Waals surface area contributed by atoms with Crippen molar-refractivity contribution in [1.29, 1.82) is 0 Å². The van der Waals surface area contributed by atoms with E-state index in [2.05, 4.69) is 6.58 Å². The second-order valence-electron chi connectivity index (χ2n) is 5.63. The molecule has 164 valence electrons. The number of esters is 1. The third-order valence-corrected chi connectivity index (χ3v) is 3.03. The molecule has 4 N–H and O–H groups in total. The van der Waals surface area contributed by atoms with Gasteiger partial charge in [0, 0.05) is 17.7 Å². The fourth-order valence-electron chi connectivity index (χ4n) is 1.56. The molecule has 0 spiro atoms. The molecule has 0 bridgehead atoms. The number of hydrogen-bond donors (Lipinski definition) is 4. The lowest BCUT2D eigenvalue weighted by Gasteiger charge is -2.03. The van der Waals surface area contributed by atoms with Crippen LogP contribution in [0.1, 0.15) is 12.0 Å². The molecule has 0 aromatic heterocycles. The van der Waals surface area contributed by atoms with Crippen molar-refractivity contribution in [3.8, 4) is 0 Å². The van der Waals surface area contributed by atoms with Crippen molar-refractivity contribution < 1.29 is 44.3 Å². The molecule has 0 aliphatic carbocycles. The van der Waals surface area contributed by atoms with Crippen LogP contribution in [0, 0.1) is 0 Å². The zero-order chi connectivity index (χ0) is 22.8. The van der Waals surface area contributed by atoms with E-state index in [1.807, 2.05) is 42.5 Å². The molecule has 0 saturated carbocycles. The topological polar surface area (TPSA) is 154 Å². The van der Waals surface area contributed by atoms with Gasteiger partial charge in [-0.05, 0) is 12.0 Å². The van der Waals surface area contributed by atoms with E-state index >= 15 is 0 Å². The van der Waals surface area contributed by atoms with Crippen LogP contribution >= 0.6 is 0 Å². The summed E-state index contributed by atoms with van der Waals surface area (Å²) >= 11 is 0. The zero-order valence-electron chi connectivity index (χ0n) is 16.3. The number of carboxylic acid groups (broad SMARTS) is 2. The van der Waals surface area contributed by atoms with Crippen molar-refractivity contribution in [3.63, 3.8) is 0 Å². The summed E-state index contributed by atoms with van der Waals surface area (Å²) in [6, 6.07) is 9.91. The number of epoxide rings is 1. The first kappa shape index (κ1) is 26.7. The van der Waals surface area contributed by atoms with Crippen LogP contribution in [0.2, 0.25) is 0 Å². The van der Waals surface area contributed by atoms with Crippen molar-refractivity contribution in [3.05, 3.63) is 66.3 Å². The third kappa shape index (κ3) is 16.9. The van der Waals surface area contributed by atoms with Crippen LogP contribution in [0.4, 0.5) is 0 Å². The molecular formula is C21H26O9. The molecule has 9 nitrogen and oxygen atoms in total. The van der Waals surface area contributed by atoms with E-state index in [1.54, 1.807) is 0 Å². The lowest BCUT2D eigenvalue weighted by Crippen LogP contribution is -2.11. The smallest absolute Gasteiger partial charge is 0.333 e. The summed E-state index contributed by atoms with van der Waals surface area (Å²) in [5.41, 5.74) is 1.56. The van der Waals surface area contributed by atoms with Crippen LogP contribution in [-0.2, 0) is 23.9 Å². The number of aliphatic hydroxyl groups is 2. The van der Waals surface area contributed by atoms with E-state index < -0.39 is 11.9 Å². The Labute approximate surface area is 174 Å². The number of rotatable bonds is 9. The van der Waals surface area contributed by atoms with E-state index in [4.69, 9.17) is 29.9 Å². The Morgan fingerprint density at radius 1 is 1.07 bits per heavy atom. The fourth-order valence-corrected chi connectivity index (χ4v) is 1.56. The van der Waals surface area contributed by atoms with E-state index in [1.165, 1.54) is 0 Å². The molecule has 2 rings (SSSR count). The molecule has 30 heavy (non-hydrogen) atoms. The SMILES string of the molecule is C=C(CC=Cc1ccccc1)C(=O)OCC1CO1.O=C(O)/C=C\C(=O)O.OCCO. The van der Waals surface area contributed by atoms with Gasteiger partial charge in [-0.15, -0.1) is 0 Å². The Balaban J connectivity index is 0.000000585. The number of aliphatic carboxylic acids is 2. The van der Waals surface area contributed by atoms with Gasteiger partial charge in [-0.2, -0.15) is 0 Å². The summed E-state index contributed by atoms with van der Waals surface area (Å²) in [4.78, 5) is 30.6. The highest BCUT2D eigenvalue weighted by atomic mass is 16.6. The van der Waals surface area contributed by atoms with E-state index in [0.29, 0.717) is 37.4 Å². The number of allylic oxidation sites excluding steroid dienone is 1. The number of carboxylic acids is 2. The predicted molar refractivity (Wildman–Crippen MR) is 109 cm³/mol. The summed E-state index contributed by atoms with van der Waals surface area (Å²) in [5.74, 6) is -2.86. The van der Waals surface area contributed by atoms with Gasteiger partial charge in [0.05, 0.1) is 19.8 Å². The van der Waals surface area contributed by atoms with Gasteiger partial charge < -0.3 is 29.9 Å². The van der Waals surface area contributed by atoms with Gasteiger partial charge in [0.25, 0.3) is 0 Å². The van der Waals surface area contributed by atoms with Gasteiger partial charge in [-0.3, -0.25) is 0 Å². The van der Waals surface area contributed by atoms with E-state index in [-0.39, 0.29) is 25.3 Å². The number of carbonyl (C=O) groups is 3. The quantitative estimate of drug-likeness (QED) is 0.262. The highest BCUT2D eigenvalue weighted by Crippen LogP contribution is 2.11. The summed E-state index contributed by atoms with van der Waals surface area (Å²) in [6.07, 6.45) is 5.58. The molecule has 1 aliphatic rings. The van der Waals surface area contributed by atoms with Gasteiger partial charge in [0.15, 0.2) is 0 Å². The Morgan fingerprint density at radius 3 is 2.03 bits per heavy atom. The average molecular weight is 422 g/mol. The van der Waals surface area contributed by atoms with Crippen LogP contribution in [-0.4, -0.2) is 70.9 Å². The highest BCUT2D eigenvalue weighted by Gasteiger charge is 2.24. The number of benzene rings is 1. The van der Waals surface area contributed by atoms with Crippen molar-refractivity contribution in [1.82, 2.24) is 0 Å². The molecule has 1 aliphatic heterocycles. The highest BCUT2D eigenvalue weighted by molar-refractivity contribution is 5.89. The molecule has 1 fully saturated rings. The standard InChI is InChI=1S/C15H16O3.C4H4O4.C2H6O2/c1-12(15(16)18-11-14-10-17-14)6-5-9-13-7-3-2-4-8-13;5-3(6)1-2-4(7)8;3-1-2-4/h2-5,7-9,14H,1,6,10-11H2;1-2H,(H,5,6)(H,7,8);3-4H,1-2H2/b;2-1-;. The number of aliphatic hydroxyl groups excluding tert-OH is 2. The Kier molecular flexibility index (Phi) is 14.8. The monoisotopic (exact) mass is 422 g/mol. The van der Waals surface area contributed by atoms with Crippen LogP contribution in [0.3, 0.4) is 0 Å². The molecular weight excluding hydrogens is 396 g/mol. The maximum atomic E-state index is 11.5. The minimum atomic E-state index is -1.26. The molecule has 1 atom stereocenters. The van der Waals surface area contributed by atoms with Crippen molar-refractivity contribution in [2.24, 2.45) is 0 Å². The molecule has 9 heteroatoms. The van der Waals surface area contributed by atoms with Gasteiger partial charge in [0.1, 0.15) is 12.7 Å². The zero-order valence-corrected chi connectivity index (χ0v) is 16.3. The third-order valence-electron chi connectivity index (χ3n) is 3.03. The van der Waals surface area contributed by atoms with Crippen molar-refractivity contribution >= 4 is 24.0 Å². The first-order chi connectivity index (χ1) is 14.3. The minimum absolute atomic E-state index is 0.0987. The molecule has 1 aromatic rings. The minimum Gasteiger partial charge on any atom is -0.478 e. The van der Waals surface area contributed by atoms with E-state index in [0.717, 1.165) is 5.56 Å². The maximum absolute atomic E-state index is 11.5. The predicted octanol–water partition coefficient (Wildman–Crippen LogP) is 1.27. The molecule has 0 amide bonds. The molecule has 1 heterocycles. The van der Waals surface area contributed by atoms with Crippen LogP contribution in [0.25, 0.3) is 6.08 Å². The first-order valence-electron chi connectivity index (χ1n) is 8.83. The second-order valence-corrected chi connectivity index (χ2v) is 5.63. The first-order valence-corrected chi connectivity index (χ1v) is 8.83. The molecule has 1 saturated heterocycles. The van der Waals surface area contributed by atoms with Gasteiger partial charge in [-0.1, -0.05) is 49.1 Å². The Bertz CT molecular complexity index is 701. The lowest BCUT2D eigenvalue weighted by molar-refractivity contribution is -0.139. The van der Waals surface area contributed by atoms with Crippen molar-refractivity contribution in [2.45, 2.75) is 12.5 Å². The van der Waals surface area contributed by atoms with E-state index in [9.17, 15) is 14.4 Å². The molecule has 0 radical (unpaired) electrons. The number of ether oxygens (including phenoxy) is 2. The van der Waals surface area contributed by atoms with Crippen LogP contribution in [0.5, 0.6) is 0 Å². The average Bonchev–Trinajstić information content (AvgIpc) is 3.56. The number of hydrogen-bond acceptors (Lipinski definition) is 7. The lowest BCUT2D eigenvalue weighted by atomic mass is 10.1. The second kappa shape index (κ2) is 16.7. The maximum Gasteiger partial charge on any atom is 0.333 e. The van der Waals surface area contributed by atoms with Gasteiger partial charge >= 0.3 is 17.9 Å². The normalized spacial score (nSPS) is 14.1. The van der Waals surface area contributed by atoms with Gasteiger partial charge in [0.2, 0.25) is 0 Å². The van der Waals surface area contributed by atoms with Crippen molar-refractivity contribution in [2.75, 3.05) is 26.4 Å².